The molecule has 2 aromatic heterocycles. The number of hydrogen-bond donors (Lipinski definition) is 0. The Balaban J connectivity index is 1.99. The number of fused-ring (bicyclic) bond motifs is 1. The van der Waals surface area contributed by atoms with Gasteiger partial charge in [0.05, 0.1) is 5.69 Å². The number of piperazine rings is 1. The number of aromatic nitrogens is 4. The van der Waals surface area contributed by atoms with Crippen molar-refractivity contribution in [2.24, 2.45) is 0 Å². The molecule has 0 bridgehead atoms. The van der Waals surface area contributed by atoms with Gasteiger partial charge in [-0.3, -0.25) is 4.68 Å². The summed E-state index contributed by atoms with van der Waals surface area (Å²) < 4.78 is 2.02. The van der Waals surface area contributed by atoms with Gasteiger partial charge in [0.1, 0.15) is 17.4 Å². The number of aryl methyl sites for hydroxylation is 2. The molecule has 1 aliphatic rings. The van der Waals surface area contributed by atoms with Crippen LogP contribution in [0.5, 0.6) is 0 Å². The third-order valence-electron chi connectivity index (χ3n) is 4.09. The highest BCUT2D eigenvalue weighted by molar-refractivity contribution is 5.87. The predicted octanol–water partition coefficient (Wildman–Crippen LogP) is 1.30. The van der Waals surface area contributed by atoms with Crippen molar-refractivity contribution in [3.05, 3.63) is 12.0 Å². The quantitative estimate of drug-likeness (QED) is 0.844. The van der Waals surface area contributed by atoms with Crippen molar-refractivity contribution in [3.63, 3.8) is 0 Å². The molecule has 108 valence electrons. The molecule has 1 saturated heterocycles. The topological polar surface area (TPSA) is 50.1 Å². The van der Waals surface area contributed by atoms with Crippen LogP contribution in [0.3, 0.4) is 0 Å². The lowest BCUT2D eigenvalue weighted by Crippen LogP contribution is -2.46. The van der Waals surface area contributed by atoms with Crippen LogP contribution in [0.1, 0.15) is 19.5 Å². The zero-order chi connectivity index (χ0) is 14.1. The summed E-state index contributed by atoms with van der Waals surface area (Å²) in [7, 11) is 0. The van der Waals surface area contributed by atoms with Crippen LogP contribution in [0.2, 0.25) is 0 Å². The van der Waals surface area contributed by atoms with E-state index in [2.05, 4.69) is 38.7 Å². The molecule has 20 heavy (non-hydrogen) atoms. The highest BCUT2D eigenvalue weighted by atomic mass is 15.3. The minimum atomic E-state index is 0.847. The van der Waals surface area contributed by atoms with Crippen molar-refractivity contribution in [1.29, 1.82) is 0 Å². The van der Waals surface area contributed by atoms with Crippen molar-refractivity contribution in [3.8, 4) is 0 Å². The molecule has 0 radical (unpaired) electrons. The first-order valence-electron chi connectivity index (χ1n) is 7.40. The van der Waals surface area contributed by atoms with E-state index in [1.807, 2.05) is 11.6 Å². The molecule has 6 heteroatoms. The molecule has 0 spiro atoms. The monoisotopic (exact) mass is 274 g/mol. The maximum atomic E-state index is 4.57. The van der Waals surface area contributed by atoms with Gasteiger partial charge in [-0.1, -0.05) is 6.92 Å². The van der Waals surface area contributed by atoms with Crippen LogP contribution in [0.15, 0.2) is 6.33 Å². The fourth-order valence-electron chi connectivity index (χ4n) is 2.89. The summed E-state index contributed by atoms with van der Waals surface area (Å²) >= 11 is 0. The van der Waals surface area contributed by atoms with E-state index < -0.39 is 0 Å². The van der Waals surface area contributed by atoms with Gasteiger partial charge in [-0.15, -0.1) is 0 Å². The number of nitrogens with zero attached hydrogens (tertiary/aromatic N) is 6. The normalized spacial score (nSPS) is 17.1. The average Bonchev–Trinajstić information content (AvgIpc) is 2.84. The Bertz CT molecular complexity index is 597. The molecule has 0 N–H and O–H groups in total. The second kappa shape index (κ2) is 5.36. The molecule has 1 fully saturated rings. The predicted molar refractivity (Wildman–Crippen MR) is 80.1 cm³/mol. The third kappa shape index (κ3) is 2.14. The molecule has 0 saturated carbocycles. The Kier molecular flexibility index (Phi) is 3.56. The molecule has 1 aliphatic heterocycles. The van der Waals surface area contributed by atoms with Gasteiger partial charge in [0.2, 0.25) is 0 Å². The maximum Gasteiger partial charge on any atom is 0.158 e. The number of hydrogen-bond acceptors (Lipinski definition) is 5. The van der Waals surface area contributed by atoms with Crippen LogP contribution in [0, 0.1) is 6.92 Å². The van der Waals surface area contributed by atoms with Gasteiger partial charge >= 0.3 is 0 Å². The summed E-state index contributed by atoms with van der Waals surface area (Å²) in [5.74, 6) is 1.04. The van der Waals surface area contributed by atoms with E-state index in [0.717, 1.165) is 61.8 Å². The van der Waals surface area contributed by atoms with Gasteiger partial charge in [-0.05, 0) is 20.4 Å². The van der Waals surface area contributed by atoms with Gasteiger partial charge in [-0.2, -0.15) is 5.10 Å². The van der Waals surface area contributed by atoms with E-state index in [9.17, 15) is 0 Å². The second-order valence-corrected chi connectivity index (χ2v) is 5.22. The Hall–Kier alpha value is -1.69. The first kappa shape index (κ1) is 13.3. The van der Waals surface area contributed by atoms with Gasteiger partial charge in [0.25, 0.3) is 0 Å². The molecule has 0 amide bonds. The van der Waals surface area contributed by atoms with E-state index >= 15 is 0 Å². The van der Waals surface area contributed by atoms with Crippen LogP contribution in [0.4, 0.5) is 5.82 Å². The standard InChI is InChI=1S/C14H22N6/c1-4-18-6-8-19(9-7-18)14-13-12(15-10-16-14)11(3)17-20(13)5-2/h10H,4-9H2,1-3H3. The van der Waals surface area contributed by atoms with Crippen LogP contribution >= 0.6 is 0 Å². The van der Waals surface area contributed by atoms with Crippen LogP contribution in [-0.4, -0.2) is 57.4 Å². The summed E-state index contributed by atoms with van der Waals surface area (Å²) in [6, 6.07) is 0. The second-order valence-electron chi connectivity index (χ2n) is 5.22. The Labute approximate surface area is 119 Å². The van der Waals surface area contributed by atoms with Crippen molar-refractivity contribution in [1.82, 2.24) is 24.6 Å². The Morgan fingerprint density at radius 2 is 1.80 bits per heavy atom. The summed E-state index contributed by atoms with van der Waals surface area (Å²) in [5, 5.41) is 4.57. The lowest BCUT2D eigenvalue weighted by atomic mass is 10.3. The molecule has 0 aliphatic carbocycles. The van der Waals surface area contributed by atoms with Gasteiger partial charge in [0.15, 0.2) is 5.82 Å². The van der Waals surface area contributed by atoms with Crippen LogP contribution in [0.25, 0.3) is 11.0 Å². The van der Waals surface area contributed by atoms with Gasteiger partial charge < -0.3 is 9.80 Å². The summed E-state index contributed by atoms with van der Waals surface area (Å²) in [4.78, 5) is 13.8. The SMILES string of the molecule is CCN1CCN(c2ncnc3c(C)nn(CC)c23)CC1. The smallest absolute Gasteiger partial charge is 0.158 e. The average molecular weight is 274 g/mol. The van der Waals surface area contributed by atoms with E-state index in [4.69, 9.17) is 0 Å². The van der Waals surface area contributed by atoms with Gasteiger partial charge in [-0.25, -0.2) is 9.97 Å². The minimum absolute atomic E-state index is 0.847. The first-order valence-corrected chi connectivity index (χ1v) is 7.40. The number of anilines is 1. The third-order valence-corrected chi connectivity index (χ3v) is 4.09. The number of likely N-dealkylation sites (N-methyl/N-ethyl adjacent to an activating group) is 1. The number of rotatable bonds is 3. The molecule has 6 nitrogen and oxygen atoms in total. The van der Waals surface area contributed by atoms with E-state index in [1.54, 1.807) is 6.33 Å². The molecule has 3 heterocycles. The van der Waals surface area contributed by atoms with Crippen LogP contribution < -0.4 is 4.90 Å². The first-order chi connectivity index (χ1) is 9.74. The lowest BCUT2D eigenvalue weighted by Gasteiger charge is -2.34. The maximum absolute atomic E-state index is 4.57. The fourth-order valence-corrected chi connectivity index (χ4v) is 2.89. The zero-order valence-electron chi connectivity index (χ0n) is 12.5. The largest absolute Gasteiger partial charge is 0.352 e. The molecular formula is C14H22N6. The molecular weight excluding hydrogens is 252 g/mol. The fraction of sp³-hybridized carbons (Fsp3) is 0.643. The highest BCUT2D eigenvalue weighted by Gasteiger charge is 2.21. The van der Waals surface area contributed by atoms with Crippen molar-refractivity contribution in [2.75, 3.05) is 37.6 Å². The lowest BCUT2D eigenvalue weighted by molar-refractivity contribution is 0.270. The van der Waals surface area contributed by atoms with Crippen LogP contribution in [-0.2, 0) is 6.54 Å². The summed E-state index contributed by atoms with van der Waals surface area (Å²) in [6.45, 7) is 12.6. The van der Waals surface area contributed by atoms with Gasteiger partial charge in [0, 0.05) is 32.7 Å². The van der Waals surface area contributed by atoms with Crippen molar-refractivity contribution in [2.45, 2.75) is 27.3 Å². The van der Waals surface area contributed by atoms with E-state index in [1.165, 1.54) is 0 Å². The molecule has 3 rings (SSSR count). The van der Waals surface area contributed by atoms with Crippen molar-refractivity contribution >= 4 is 16.9 Å². The van der Waals surface area contributed by atoms with E-state index in [0.29, 0.717) is 0 Å². The Morgan fingerprint density at radius 3 is 2.45 bits per heavy atom. The highest BCUT2D eigenvalue weighted by Crippen LogP contribution is 2.25. The van der Waals surface area contributed by atoms with Crippen molar-refractivity contribution < 1.29 is 0 Å². The Morgan fingerprint density at radius 1 is 1.05 bits per heavy atom. The summed E-state index contributed by atoms with van der Waals surface area (Å²) in [5.41, 5.74) is 3.05. The zero-order valence-corrected chi connectivity index (χ0v) is 12.5. The molecule has 2 aromatic rings. The minimum Gasteiger partial charge on any atom is -0.352 e. The molecule has 0 aromatic carbocycles. The summed E-state index contributed by atoms with van der Waals surface area (Å²) in [6.07, 6.45) is 1.67. The molecule has 0 unspecified atom stereocenters. The molecule has 0 atom stereocenters. The van der Waals surface area contributed by atoms with E-state index in [-0.39, 0.29) is 0 Å².